The molecule has 104 valence electrons. The predicted octanol–water partition coefficient (Wildman–Crippen LogP) is 2.36. The van der Waals surface area contributed by atoms with Crippen LogP contribution in [0.25, 0.3) is 0 Å². The number of carbonyl (C=O) groups excluding carboxylic acids is 1. The third-order valence-corrected chi connectivity index (χ3v) is 3.73. The SMILES string of the molecule is O=C(CCOc1ccc(Cl)c(Cl)c1)N1CC[C@@H](O)C1. The van der Waals surface area contributed by atoms with Gasteiger partial charge in [-0.15, -0.1) is 0 Å². The monoisotopic (exact) mass is 303 g/mol. The Balaban J connectivity index is 1.77. The van der Waals surface area contributed by atoms with Gasteiger partial charge in [-0.3, -0.25) is 4.79 Å². The minimum absolute atomic E-state index is 0.00314. The molecule has 19 heavy (non-hydrogen) atoms. The number of nitrogens with zero attached hydrogens (tertiary/aromatic N) is 1. The van der Waals surface area contributed by atoms with Crippen molar-refractivity contribution in [3.05, 3.63) is 28.2 Å². The fourth-order valence-electron chi connectivity index (χ4n) is 1.95. The van der Waals surface area contributed by atoms with Crippen LogP contribution in [0.2, 0.25) is 10.0 Å². The van der Waals surface area contributed by atoms with Crippen LogP contribution >= 0.6 is 23.2 Å². The molecule has 1 aromatic carbocycles. The number of aliphatic hydroxyl groups is 1. The van der Waals surface area contributed by atoms with Crippen LogP contribution in [0.5, 0.6) is 5.75 Å². The summed E-state index contributed by atoms with van der Waals surface area (Å²) < 4.78 is 5.45. The highest BCUT2D eigenvalue weighted by atomic mass is 35.5. The van der Waals surface area contributed by atoms with Crippen molar-refractivity contribution in [2.45, 2.75) is 18.9 Å². The van der Waals surface area contributed by atoms with Crippen LogP contribution < -0.4 is 4.74 Å². The van der Waals surface area contributed by atoms with E-state index in [9.17, 15) is 9.90 Å². The Morgan fingerprint density at radius 3 is 2.84 bits per heavy atom. The molecule has 0 aliphatic carbocycles. The second kappa shape index (κ2) is 6.46. The summed E-state index contributed by atoms with van der Waals surface area (Å²) in [6.07, 6.45) is 0.548. The topological polar surface area (TPSA) is 49.8 Å². The number of likely N-dealkylation sites (tertiary alicyclic amines) is 1. The fourth-order valence-corrected chi connectivity index (χ4v) is 2.24. The third kappa shape index (κ3) is 4.00. The molecule has 1 fully saturated rings. The van der Waals surface area contributed by atoms with E-state index in [2.05, 4.69) is 0 Å². The fraction of sp³-hybridized carbons (Fsp3) is 0.462. The summed E-state index contributed by atoms with van der Waals surface area (Å²) in [5.74, 6) is 0.584. The maximum absolute atomic E-state index is 11.8. The molecule has 0 saturated carbocycles. The first-order chi connectivity index (χ1) is 9.06. The minimum atomic E-state index is -0.389. The lowest BCUT2D eigenvalue weighted by atomic mass is 10.3. The van der Waals surface area contributed by atoms with Gasteiger partial charge in [0.05, 0.1) is 29.2 Å². The predicted molar refractivity (Wildman–Crippen MR) is 73.8 cm³/mol. The highest BCUT2D eigenvalue weighted by Crippen LogP contribution is 2.26. The molecule has 1 aliphatic rings. The maximum atomic E-state index is 11.8. The summed E-state index contributed by atoms with van der Waals surface area (Å²) in [4.78, 5) is 13.4. The van der Waals surface area contributed by atoms with E-state index in [1.165, 1.54) is 0 Å². The number of rotatable bonds is 4. The molecule has 1 aliphatic heterocycles. The van der Waals surface area contributed by atoms with Gasteiger partial charge in [-0.25, -0.2) is 0 Å². The zero-order valence-electron chi connectivity index (χ0n) is 10.3. The van der Waals surface area contributed by atoms with E-state index in [1.54, 1.807) is 23.1 Å². The summed E-state index contributed by atoms with van der Waals surface area (Å²) in [5.41, 5.74) is 0. The van der Waals surface area contributed by atoms with Crippen molar-refractivity contribution in [2.75, 3.05) is 19.7 Å². The van der Waals surface area contributed by atoms with E-state index >= 15 is 0 Å². The number of halogens is 2. The van der Waals surface area contributed by atoms with Crippen molar-refractivity contribution >= 4 is 29.1 Å². The average Bonchev–Trinajstić information content (AvgIpc) is 2.80. The van der Waals surface area contributed by atoms with Crippen LogP contribution in [0.15, 0.2) is 18.2 Å². The van der Waals surface area contributed by atoms with Gasteiger partial charge in [-0.05, 0) is 18.6 Å². The number of carbonyl (C=O) groups is 1. The Bertz CT molecular complexity index is 467. The highest BCUT2D eigenvalue weighted by Gasteiger charge is 2.23. The van der Waals surface area contributed by atoms with Crippen LogP contribution in [0.4, 0.5) is 0 Å². The van der Waals surface area contributed by atoms with Crippen molar-refractivity contribution in [2.24, 2.45) is 0 Å². The molecule has 1 N–H and O–H groups in total. The van der Waals surface area contributed by atoms with Gasteiger partial charge in [0.2, 0.25) is 5.91 Å². The first-order valence-corrected chi connectivity index (χ1v) is 6.85. The largest absolute Gasteiger partial charge is 0.493 e. The van der Waals surface area contributed by atoms with Gasteiger partial charge >= 0.3 is 0 Å². The van der Waals surface area contributed by atoms with Gasteiger partial charge in [0.15, 0.2) is 0 Å². The summed E-state index contributed by atoms with van der Waals surface area (Å²) in [5, 5.41) is 10.2. The normalized spacial score (nSPS) is 18.7. The van der Waals surface area contributed by atoms with Gasteiger partial charge in [0, 0.05) is 19.2 Å². The van der Waals surface area contributed by atoms with Crippen LogP contribution in [0.1, 0.15) is 12.8 Å². The second-order valence-electron chi connectivity index (χ2n) is 4.46. The van der Waals surface area contributed by atoms with Crippen molar-refractivity contribution in [3.63, 3.8) is 0 Å². The average molecular weight is 304 g/mol. The van der Waals surface area contributed by atoms with Gasteiger partial charge in [0.1, 0.15) is 5.75 Å². The van der Waals surface area contributed by atoms with E-state index in [0.717, 1.165) is 0 Å². The number of aliphatic hydroxyl groups excluding tert-OH is 1. The summed E-state index contributed by atoms with van der Waals surface area (Å²) in [6.45, 7) is 1.32. The molecular weight excluding hydrogens is 289 g/mol. The lowest BCUT2D eigenvalue weighted by Crippen LogP contribution is -2.30. The first kappa shape index (κ1) is 14.4. The number of hydrogen-bond donors (Lipinski definition) is 1. The van der Waals surface area contributed by atoms with E-state index in [0.29, 0.717) is 35.3 Å². The zero-order chi connectivity index (χ0) is 13.8. The first-order valence-electron chi connectivity index (χ1n) is 6.10. The Labute approximate surface area is 121 Å². The van der Waals surface area contributed by atoms with Crippen molar-refractivity contribution in [1.82, 2.24) is 4.90 Å². The second-order valence-corrected chi connectivity index (χ2v) is 5.27. The molecule has 0 bridgehead atoms. The van der Waals surface area contributed by atoms with Gasteiger partial charge in [-0.1, -0.05) is 23.2 Å². The highest BCUT2D eigenvalue weighted by molar-refractivity contribution is 6.42. The number of hydrogen-bond acceptors (Lipinski definition) is 3. The van der Waals surface area contributed by atoms with Gasteiger partial charge < -0.3 is 14.7 Å². The third-order valence-electron chi connectivity index (χ3n) is 2.99. The van der Waals surface area contributed by atoms with Gasteiger partial charge in [0.25, 0.3) is 0 Å². The number of benzene rings is 1. The minimum Gasteiger partial charge on any atom is -0.493 e. The number of amides is 1. The molecule has 0 aromatic heterocycles. The van der Waals surface area contributed by atoms with Crippen molar-refractivity contribution in [3.8, 4) is 5.75 Å². The van der Waals surface area contributed by atoms with E-state index < -0.39 is 0 Å². The molecule has 1 atom stereocenters. The lowest BCUT2D eigenvalue weighted by Gasteiger charge is -2.15. The van der Waals surface area contributed by atoms with Crippen LogP contribution in [-0.2, 0) is 4.79 Å². The van der Waals surface area contributed by atoms with Crippen LogP contribution in [0, 0.1) is 0 Å². The summed E-state index contributed by atoms with van der Waals surface area (Å²) >= 11 is 11.7. The maximum Gasteiger partial charge on any atom is 0.226 e. The molecule has 1 aromatic rings. The van der Waals surface area contributed by atoms with Crippen LogP contribution in [0.3, 0.4) is 0 Å². The Morgan fingerprint density at radius 2 is 2.21 bits per heavy atom. The molecule has 0 radical (unpaired) electrons. The van der Waals surface area contributed by atoms with Crippen molar-refractivity contribution < 1.29 is 14.6 Å². The molecule has 0 spiro atoms. The van der Waals surface area contributed by atoms with E-state index in [4.69, 9.17) is 27.9 Å². The van der Waals surface area contributed by atoms with E-state index in [1.807, 2.05) is 0 Å². The molecule has 1 heterocycles. The van der Waals surface area contributed by atoms with Gasteiger partial charge in [-0.2, -0.15) is 0 Å². The Morgan fingerprint density at radius 1 is 1.42 bits per heavy atom. The molecule has 1 saturated heterocycles. The summed E-state index contributed by atoms with van der Waals surface area (Å²) in [6, 6.07) is 4.98. The Hall–Kier alpha value is -0.970. The zero-order valence-corrected chi connectivity index (χ0v) is 11.8. The van der Waals surface area contributed by atoms with Crippen LogP contribution in [-0.4, -0.2) is 41.7 Å². The number of β-amino-alcohol motifs (C(OH)–C–C–N with tert-alkyl or cyclic N) is 1. The standard InChI is InChI=1S/C13H15Cl2NO3/c14-11-2-1-10(7-12(11)15)19-6-4-13(18)16-5-3-9(17)8-16/h1-2,7,9,17H,3-6,8H2/t9-/m1/s1. The molecule has 4 nitrogen and oxygen atoms in total. The molecule has 0 unspecified atom stereocenters. The molecule has 1 amide bonds. The summed E-state index contributed by atoms with van der Waals surface area (Å²) in [7, 11) is 0. The molecular formula is C13H15Cl2NO3. The lowest BCUT2D eigenvalue weighted by molar-refractivity contribution is -0.131. The quantitative estimate of drug-likeness (QED) is 0.929. The molecule has 2 rings (SSSR count). The molecule has 6 heteroatoms. The smallest absolute Gasteiger partial charge is 0.226 e. The van der Waals surface area contributed by atoms with E-state index in [-0.39, 0.29) is 25.0 Å². The Kier molecular flexibility index (Phi) is 4.91. The van der Waals surface area contributed by atoms with Crippen molar-refractivity contribution in [1.29, 1.82) is 0 Å². The number of ether oxygens (including phenoxy) is 1.